The standard InChI is InChI=1S/C15H23N3OS/c1-2-8-16-14-5-3-4-13(18-14)15(19)17-11-12-6-9-20-10-7-12/h3-5,12H,2,6-11H2,1H3,(H,16,18)(H,17,19). The van der Waals surface area contributed by atoms with Crippen LogP contribution in [0.5, 0.6) is 0 Å². The van der Waals surface area contributed by atoms with Gasteiger partial charge in [0.25, 0.3) is 5.91 Å². The Morgan fingerprint density at radius 3 is 2.95 bits per heavy atom. The van der Waals surface area contributed by atoms with Crippen molar-refractivity contribution in [1.82, 2.24) is 10.3 Å². The summed E-state index contributed by atoms with van der Waals surface area (Å²) in [6.07, 6.45) is 3.45. The molecule has 0 radical (unpaired) electrons. The van der Waals surface area contributed by atoms with E-state index in [-0.39, 0.29) is 5.91 Å². The van der Waals surface area contributed by atoms with E-state index in [1.54, 1.807) is 6.07 Å². The number of hydrogen-bond acceptors (Lipinski definition) is 4. The van der Waals surface area contributed by atoms with E-state index >= 15 is 0 Å². The van der Waals surface area contributed by atoms with E-state index in [9.17, 15) is 4.79 Å². The Bertz CT molecular complexity index is 433. The number of pyridine rings is 1. The monoisotopic (exact) mass is 293 g/mol. The first-order valence-electron chi connectivity index (χ1n) is 7.36. The highest BCUT2D eigenvalue weighted by Crippen LogP contribution is 2.21. The van der Waals surface area contributed by atoms with Crippen molar-refractivity contribution in [2.45, 2.75) is 26.2 Å². The first-order chi connectivity index (χ1) is 9.79. The van der Waals surface area contributed by atoms with Crippen molar-refractivity contribution in [2.24, 2.45) is 5.92 Å². The Kier molecular flexibility index (Phi) is 6.18. The number of thioether (sulfide) groups is 1. The first kappa shape index (κ1) is 15.2. The van der Waals surface area contributed by atoms with Crippen LogP contribution in [-0.4, -0.2) is 35.5 Å². The van der Waals surface area contributed by atoms with Crippen LogP contribution < -0.4 is 10.6 Å². The van der Waals surface area contributed by atoms with Crippen LogP contribution in [0.15, 0.2) is 18.2 Å². The first-order valence-corrected chi connectivity index (χ1v) is 8.52. The fraction of sp³-hybridized carbons (Fsp3) is 0.600. The van der Waals surface area contributed by atoms with Gasteiger partial charge in [0.05, 0.1) is 0 Å². The van der Waals surface area contributed by atoms with Crippen LogP contribution in [0.25, 0.3) is 0 Å². The maximum atomic E-state index is 12.1. The third-order valence-corrected chi connectivity index (χ3v) is 4.48. The van der Waals surface area contributed by atoms with Gasteiger partial charge >= 0.3 is 0 Å². The van der Waals surface area contributed by atoms with E-state index < -0.39 is 0 Å². The Morgan fingerprint density at radius 1 is 1.40 bits per heavy atom. The lowest BCUT2D eigenvalue weighted by Gasteiger charge is -2.21. The number of amides is 1. The van der Waals surface area contributed by atoms with E-state index in [0.717, 1.165) is 25.3 Å². The summed E-state index contributed by atoms with van der Waals surface area (Å²) in [7, 11) is 0. The molecule has 0 atom stereocenters. The van der Waals surface area contributed by atoms with Gasteiger partial charge in [-0.3, -0.25) is 4.79 Å². The fourth-order valence-corrected chi connectivity index (χ4v) is 3.39. The molecule has 0 aliphatic carbocycles. The number of carbonyl (C=O) groups excluding carboxylic acids is 1. The second-order valence-electron chi connectivity index (χ2n) is 5.10. The summed E-state index contributed by atoms with van der Waals surface area (Å²) in [5, 5.41) is 6.21. The van der Waals surface area contributed by atoms with Gasteiger partial charge in [0.15, 0.2) is 0 Å². The molecule has 2 heterocycles. The fourth-order valence-electron chi connectivity index (χ4n) is 2.19. The average Bonchev–Trinajstić information content (AvgIpc) is 2.52. The molecule has 0 unspecified atom stereocenters. The minimum atomic E-state index is -0.0663. The molecule has 0 aromatic carbocycles. The van der Waals surface area contributed by atoms with Gasteiger partial charge in [0.2, 0.25) is 0 Å². The van der Waals surface area contributed by atoms with Crippen LogP contribution in [0.1, 0.15) is 36.7 Å². The normalized spacial score (nSPS) is 15.8. The molecule has 110 valence electrons. The van der Waals surface area contributed by atoms with Gasteiger partial charge in [-0.05, 0) is 48.8 Å². The summed E-state index contributed by atoms with van der Waals surface area (Å²) in [6, 6.07) is 5.53. The van der Waals surface area contributed by atoms with Crippen LogP contribution in [0.3, 0.4) is 0 Å². The van der Waals surface area contributed by atoms with Gasteiger partial charge in [0.1, 0.15) is 11.5 Å². The van der Waals surface area contributed by atoms with Crippen molar-refractivity contribution in [2.75, 3.05) is 29.9 Å². The number of anilines is 1. The number of nitrogens with zero attached hydrogens (tertiary/aromatic N) is 1. The van der Waals surface area contributed by atoms with E-state index in [2.05, 4.69) is 22.5 Å². The summed E-state index contributed by atoms with van der Waals surface area (Å²) in [5.41, 5.74) is 0.497. The predicted octanol–water partition coefficient (Wildman–Crippen LogP) is 2.78. The van der Waals surface area contributed by atoms with E-state index in [1.165, 1.54) is 24.3 Å². The predicted molar refractivity (Wildman–Crippen MR) is 85.4 cm³/mol. The lowest BCUT2D eigenvalue weighted by Crippen LogP contribution is -2.31. The Labute approximate surface area is 125 Å². The SMILES string of the molecule is CCCNc1cccc(C(=O)NCC2CCSCC2)n1. The molecule has 1 saturated heterocycles. The van der Waals surface area contributed by atoms with Crippen LogP contribution in [-0.2, 0) is 0 Å². The molecular weight excluding hydrogens is 270 g/mol. The van der Waals surface area contributed by atoms with Crippen molar-refractivity contribution in [3.8, 4) is 0 Å². The molecule has 4 nitrogen and oxygen atoms in total. The summed E-state index contributed by atoms with van der Waals surface area (Å²) in [6.45, 7) is 3.75. The third-order valence-electron chi connectivity index (χ3n) is 3.43. The van der Waals surface area contributed by atoms with Gasteiger partial charge < -0.3 is 10.6 Å². The summed E-state index contributed by atoms with van der Waals surface area (Å²) < 4.78 is 0. The number of nitrogens with one attached hydrogen (secondary N) is 2. The minimum absolute atomic E-state index is 0.0663. The zero-order valence-electron chi connectivity index (χ0n) is 12.0. The molecule has 0 saturated carbocycles. The van der Waals surface area contributed by atoms with Crippen molar-refractivity contribution in [3.05, 3.63) is 23.9 Å². The molecule has 20 heavy (non-hydrogen) atoms. The molecular formula is C15H23N3OS. The van der Waals surface area contributed by atoms with Gasteiger partial charge in [-0.15, -0.1) is 0 Å². The molecule has 1 aliphatic rings. The van der Waals surface area contributed by atoms with Crippen molar-refractivity contribution in [1.29, 1.82) is 0 Å². The highest BCUT2D eigenvalue weighted by molar-refractivity contribution is 7.99. The Balaban J connectivity index is 1.84. The Morgan fingerprint density at radius 2 is 2.20 bits per heavy atom. The summed E-state index contributed by atoms with van der Waals surface area (Å²) in [5.74, 6) is 3.77. The van der Waals surface area contributed by atoms with E-state index in [1.807, 2.05) is 23.9 Å². The molecule has 1 aliphatic heterocycles. The smallest absolute Gasteiger partial charge is 0.269 e. The lowest BCUT2D eigenvalue weighted by atomic mass is 10.0. The number of hydrogen-bond donors (Lipinski definition) is 2. The maximum Gasteiger partial charge on any atom is 0.269 e. The molecule has 1 aromatic heterocycles. The van der Waals surface area contributed by atoms with Crippen molar-refractivity contribution < 1.29 is 4.79 Å². The highest BCUT2D eigenvalue weighted by atomic mass is 32.2. The number of rotatable bonds is 6. The largest absolute Gasteiger partial charge is 0.370 e. The van der Waals surface area contributed by atoms with Gasteiger partial charge in [-0.1, -0.05) is 13.0 Å². The zero-order valence-corrected chi connectivity index (χ0v) is 12.8. The topological polar surface area (TPSA) is 54.0 Å². The van der Waals surface area contributed by atoms with Crippen LogP contribution in [0, 0.1) is 5.92 Å². The Hall–Kier alpha value is -1.23. The van der Waals surface area contributed by atoms with E-state index in [0.29, 0.717) is 11.6 Å². The van der Waals surface area contributed by atoms with Gasteiger partial charge in [-0.2, -0.15) is 11.8 Å². The molecule has 5 heteroatoms. The molecule has 1 aromatic rings. The molecule has 2 rings (SSSR count). The average molecular weight is 293 g/mol. The molecule has 1 fully saturated rings. The molecule has 1 amide bonds. The second-order valence-corrected chi connectivity index (χ2v) is 6.33. The number of aromatic nitrogens is 1. The van der Waals surface area contributed by atoms with Gasteiger partial charge in [-0.25, -0.2) is 4.98 Å². The van der Waals surface area contributed by atoms with E-state index in [4.69, 9.17) is 0 Å². The van der Waals surface area contributed by atoms with Crippen molar-refractivity contribution >= 4 is 23.5 Å². The van der Waals surface area contributed by atoms with Crippen LogP contribution >= 0.6 is 11.8 Å². The third kappa shape index (κ3) is 4.71. The second kappa shape index (κ2) is 8.15. The van der Waals surface area contributed by atoms with Gasteiger partial charge in [0, 0.05) is 13.1 Å². The van der Waals surface area contributed by atoms with Crippen LogP contribution in [0.2, 0.25) is 0 Å². The number of carbonyl (C=O) groups is 1. The highest BCUT2D eigenvalue weighted by Gasteiger charge is 2.15. The van der Waals surface area contributed by atoms with Crippen molar-refractivity contribution in [3.63, 3.8) is 0 Å². The maximum absolute atomic E-state index is 12.1. The molecule has 0 spiro atoms. The van der Waals surface area contributed by atoms with Crippen LogP contribution in [0.4, 0.5) is 5.82 Å². The molecule has 0 bridgehead atoms. The quantitative estimate of drug-likeness (QED) is 0.847. The molecule has 2 N–H and O–H groups in total. The summed E-state index contributed by atoms with van der Waals surface area (Å²) >= 11 is 2.01. The lowest BCUT2D eigenvalue weighted by molar-refractivity contribution is 0.0941. The summed E-state index contributed by atoms with van der Waals surface area (Å²) in [4.78, 5) is 16.5. The zero-order chi connectivity index (χ0) is 14.2. The minimum Gasteiger partial charge on any atom is -0.370 e.